The Kier molecular flexibility index (Phi) is 2.66. The van der Waals surface area contributed by atoms with Gasteiger partial charge < -0.3 is 0 Å². The monoisotopic (exact) mass is 248 g/mol. The molecule has 1 aliphatic carbocycles. The van der Waals surface area contributed by atoms with E-state index in [2.05, 4.69) is 9.98 Å². The minimum Gasteiger partial charge on any atom is -0.211 e. The van der Waals surface area contributed by atoms with Crippen LogP contribution in [0.1, 0.15) is 11.1 Å². The molecule has 0 bridgehead atoms. The summed E-state index contributed by atoms with van der Waals surface area (Å²) in [5.41, 5.74) is 3.01. The number of benzene rings is 2. The lowest BCUT2D eigenvalue weighted by Crippen LogP contribution is -1.98. The van der Waals surface area contributed by atoms with E-state index in [-0.39, 0.29) is 0 Å². The van der Waals surface area contributed by atoms with Crippen molar-refractivity contribution in [2.24, 2.45) is 9.98 Å². The lowest BCUT2D eigenvalue weighted by atomic mass is 9.90. The van der Waals surface area contributed by atoms with E-state index in [0.717, 1.165) is 21.9 Å². The van der Waals surface area contributed by atoms with Crippen molar-refractivity contribution in [2.45, 2.75) is 6.42 Å². The van der Waals surface area contributed by atoms with Crippen molar-refractivity contribution in [3.63, 3.8) is 0 Å². The molecule has 4 nitrogen and oxygen atoms in total. The van der Waals surface area contributed by atoms with Crippen LogP contribution in [0.15, 0.2) is 46.0 Å². The molecule has 0 fully saturated rings. The zero-order valence-electron chi connectivity index (χ0n) is 9.88. The summed E-state index contributed by atoms with van der Waals surface area (Å²) in [6.45, 7) is 0. The van der Waals surface area contributed by atoms with Crippen LogP contribution in [0.2, 0.25) is 0 Å². The topological polar surface area (TPSA) is 58.9 Å². The normalized spacial score (nSPS) is 12.3. The van der Waals surface area contributed by atoms with Gasteiger partial charge in [-0.1, -0.05) is 24.3 Å². The molecule has 0 radical (unpaired) electrons. The lowest BCUT2D eigenvalue weighted by molar-refractivity contribution is 0.564. The van der Waals surface area contributed by atoms with Gasteiger partial charge in [0.25, 0.3) is 0 Å². The molecule has 4 heteroatoms. The molecule has 0 unspecified atom stereocenters. The van der Waals surface area contributed by atoms with Crippen LogP contribution in [-0.2, 0) is 16.0 Å². The first-order valence-electron chi connectivity index (χ1n) is 5.74. The Bertz CT molecular complexity index is 808. The summed E-state index contributed by atoms with van der Waals surface area (Å²) in [4.78, 5) is 28.3. The number of carbonyl (C=O) groups excluding carboxylic acids is 2. The second-order valence-electron chi connectivity index (χ2n) is 4.23. The molecule has 90 valence electrons. The standard InChI is InChI=1S/C15H8N2O2/c18-8-16-12-6-11-3-1-2-10-4-5-14(17-9-19)13(7-12)15(10)11/h1-5,7H,6H2. The van der Waals surface area contributed by atoms with Crippen LogP contribution >= 0.6 is 0 Å². The highest BCUT2D eigenvalue weighted by molar-refractivity contribution is 5.99. The molecule has 2 aromatic carbocycles. The van der Waals surface area contributed by atoms with Gasteiger partial charge in [-0.25, -0.2) is 9.59 Å². The van der Waals surface area contributed by atoms with Crippen LogP contribution in [0, 0.1) is 0 Å². The van der Waals surface area contributed by atoms with Crippen LogP contribution < -0.4 is 0 Å². The third-order valence-corrected chi connectivity index (χ3v) is 3.19. The minimum absolute atomic E-state index is 0.535. The predicted octanol–water partition coefficient (Wildman–Crippen LogP) is 3.04. The molecule has 0 saturated carbocycles. The SMILES string of the molecule is O=C=NC1=Cc2c(N=C=O)ccc3cccc(c23)C1. The van der Waals surface area contributed by atoms with Crippen molar-refractivity contribution in [2.75, 3.05) is 0 Å². The molecule has 0 N–H and O–H groups in total. The summed E-state index contributed by atoms with van der Waals surface area (Å²) < 4.78 is 0. The van der Waals surface area contributed by atoms with Crippen molar-refractivity contribution >= 4 is 34.7 Å². The number of nitrogens with zero attached hydrogens (tertiary/aromatic N) is 2. The summed E-state index contributed by atoms with van der Waals surface area (Å²) in [5.74, 6) is 0. The van der Waals surface area contributed by atoms with Crippen molar-refractivity contribution in [1.29, 1.82) is 0 Å². The second kappa shape index (κ2) is 4.46. The van der Waals surface area contributed by atoms with Gasteiger partial charge in [0.15, 0.2) is 0 Å². The maximum atomic E-state index is 10.5. The van der Waals surface area contributed by atoms with Crippen molar-refractivity contribution < 1.29 is 9.59 Å². The first-order valence-corrected chi connectivity index (χ1v) is 5.74. The van der Waals surface area contributed by atoms with Crippen molar-refractivity contribution in [1.82, 2.24) is 0 Å². The van der Waals surface area contributed by atoms with E-state index in [1.165, 1.54) is 0 Å². The zero-order valence-corrected chi connectivity index (χ0v) is 9.88. The maximum Gasteiger partial charge on any atom is 0.240 e. The molecular weight excluding hydrogens is 240 g/mol. The molecule has 2 aromatic rings. The summed E-state index contributed by atoms with van der Waals surface area (Å²) in [6, 6.07) is 9.61. The van der Waals surface area contributed by atoms with E-state index >= 15 is 0 Å². The third-order valence-electron chi connectivity index (χ3n) is 3.19. The highest BCUT2D eigenvalue weighted by Gasteiger charge is 2.16. The largest absolute Gasteiger partial charge is 0.240 e. The van der Waals surface area contributed by atoms with Crippen molar-refractivity contribution in [3.8, 4) is 0 Å². The van der Waals surface area contributed by atoms with Gasteiger partial charge in [-0.3, -0.25) is 0 Å². The van der Waals surface area contributed by atoms with Gasteiger partial charge in [0.2, 0.25) is 12.2 Å². The van der Waals surface area contributed by atoms with Crippen LogP contribution in [-0.4, -0.2) is 12.2 Å². The molecule has 3 rings (SSSR count). The van der Waals surface area contributed by atoms with E-state index in [1.54, 1.807) is 24.3 Å². The van der Waals surface area contributed by atoms with E-state index in [9.17, 15) is 9.59 Å². The molecule has 0 atom stereocenters. The van der Waals surface area contributed by atoms with Crippen LogP contribution in [0.4, 0.5) is 5.69 Å². The van der Waals surface area contributed by atoms with E-state index in [0.29, 0.717) is 17.8 Å². The average molecular weight is 248 g/mol. The first-order chi connectivity index (χ1) is 9.33. The summed E-state index contributed by atoms with van der Waals surface area (Å²) in [7, 11) is 0. The molecule has 0 saturated heterocycles. The quantitative estimate of drug-likeness (QED) is 0.605. The molecule has 19 heavy (non-hydrogen) atoms. The highest BCUT2D eigenvalue weighted by Crippen LogP contribution is 2.37. The van der Waals surface area contributed by atoms with Gasteiger partial charge in [-0.15, -0.1) is 0 Å². The number of allylic oxidation sites excluding steroid dienone is 1. The Labute approximate surface area is 108 Å². The molecule has 0 aromatic heterocycles. The minimum atomic E-state index is 0.535. The average Bonchev–Trinajstić information content (AvgIpc) is 2.42. The smallest absolute Gasteiger partial charge is 0.211 e. The summed E-state index contributed by atoms with van der Waals surface area (Å²) in [6.07, 6.45) is 5.45. The number of hydrogen-bond acceptors (Lipinski definition) is 4. The lowest BCUT2D eigenvalue weighted by Gasteiger charge is -2.16. The first kappa shape index (κ1) is 11.3. The van der Waals surface area contributed by atoms with Crippen molar-refractivity contribution in [3.05, 3.63) is 47.2 Å². The van der Waals surface area contributed by atoms with Gasteiger partial charge in [0.05, 0.1) is 11.4 Å². The molecule has 0 amide bonds. The van der Waals surface area contributed by atoms with Crippen LogP contribution in [0.25, 0.3) is 16.8 Å². The zero-order chi connectivity index (χ0) is 13.2. The number of isocyanates is 2. The van der Waals surface area contributed by atoms with Gasteiger partial charge in [-0.05, 0) is 28.5 Å². The second-order valence-corrected chi connectivity index (χ2v) is 4.23. The Morgan fingerprint density at radius 1 is 1.00 bits per heavy atom. The Morgan fingerprint density at radius 3 is 2.63 bits per heavy atom. The highest BCUT2D eigenvalue weighted by atomic mass is 16.1. The molecular formula is C15H8N2O2. The molecule has 0 aliphatic heterocycles. The van der Waals surface area contributed by atoms with Gasteiger partial charge in [0, 0.05) is 12.0 Å². The maximum absolute atomic E-state index is 10.5. The Morgan fingerprint density at radius 2 is 1.84 bits per heavy atom. The van der Waals surface area contributed by atoms with Crippen LogP contribution in [0.3, 0.4) is 0 Å². The predicted molar refractivity (Wildman–Crippen MR) is 71.5 cm³/mol. The van der Waals surface area contributed by atoms with Gasteiger partial charge >= 0.3 is 0 Å². The third kappa shape index (κ3) is 1.81. The molecule has 0 heterocycles. The fraction of sp³-hybridized carbons (Fsp3) is 0.0667. The fourth-order valence-electron chi connectivity index (χ4n) is 2.46. The van der Waals surface area contributed by atoms with Crippen LogP contribution in [0.5, 0.6) is 0 Å². The van der Waals surface area contributed by atoms with E-state index in [4.69, 9.17) is 0 Å². The van der Waals surface area contributed by atoms with E-state index in [1.807, 2.05) is 24.3 Å². The Hall–Kier alpha value is -2.80. The molecule has 1 aliphatic rings. The molecule has 0 spiro atoms. The fourth-order valence-corrected chi connectivity index (χ4v) is 2.46. The van der Waals surface area contributed by atoms with Gasteiger partial charge in [0.1, 0.15) is 0 Å². The summed E-state index contributed by atoms with van der Waals surface area (Å²) >= 11 is 0. The number of rotatable bonds is 2. The Balaban J connectivity index is 2.41. The number of hydrogen-bond donors (Lipinski definition) is 0. The summed E-state index contributed by atoms with van der Waals surface area (Å²) in [5, 5.41) is 2.12. The van der Waals surface area contributed by atoms with Gasteiger partial charge in [-0.2, -0.15) is 9.98 Å². The van der Waals surface area contributed by atoms with E-state index < -0.39 is 0 Å². The number of aliphatic imine (C=N–C) groups is 2.